The van der Waals surface area contributed by atoms with Gasteiger partial charge in [-0.3, -0.25) is 9.59 Å². The number of ether oxygens (including phenoxy) is 1. The number of fused-ring (bicyclic) bond motifs is 1. The quantitative estimate of drug-likeness (QED) is 0.429. The van der Waals surface area contributed by atoms with Crippen LogP contribution >= 0.6 is 0 Å². The van der Waals surface area contributed by atoms with E-state index in [1.54, 1.807) is 23.1 Å². The molecule has 1 saturated heterocycles. The summed E-state index contributed by atoms with van der Waals surface area (Å²) >= 11 is 0. The molecule has 0 spiro atoms. The fourth-order valence-electron chi connectivity index (χ4n) is 3.71. The number of anilines is 1. The van der Waals surface area contributed by atoms with Gasteiger partial charge in [0.1, 0.15) is 5.75 Å². The standard InChI is InChI=1S/C25H23NO3/c1-2-29-24-16-11-18-6-3-4-7-21(18)22(24)14-15-23(27)19-9-12-20(13-10-19)26-17-5-8-25(26)28/h3-4,6-7,9-16H,2,5,8,17H2,1H3/b15-14+. The van der Waals surface area contributed by atoms with Gasteiger partial charge >= 0.3 is 0 Å². The number of nitrogens with zero attached hydrogens (tertiary/aromatic N) is 1. The van der Waals surface area contributed by atoms with Crippen LogP contribution in [0.5, 0.6) is 5.75 Å². The molecule has 0 radical (unpaired) electrons. The van der Waals surface area contributed by atoms with Gasteiger partial charge in [-0.15, -0.1) is 0 Å². The molecule has 0 aromatic heterocycles. The maximum atomic E-state index is 12.7. The molecule has 0 atom stereocenters. The maximum absolute atomic E-state index is 12.7. The summed E-state index contributed by atoms with van der Waals surface area (Å²) in [6, 6.07) is 19.3. The summed E-state index contributed by atoms with van der Waals surface area (Å²) in [4.78, 5) is 26.4. The van der Waals surface area contributed by atoms with Crippen molar-refractivity contribution in [3.63, 3.8) is 0 Å². The van der Waals surface area contributed by atoms with Crippen LogP contribution in [0.15, 0.2) is 66.7 Å². The Balaban J connectivity index is 1.60. The zero-order chi connectivity index (χ0) is 20.2. The van der Waals surface area contributed by atoms with Crippen LogP contribution in [-0.4, -0.2) is 24.8 Å². The van der Waals surface area contributed by atoms with Crippen LogP contribution in [0.25, 0.3) is 16.8 Å². The minimum atomic E-state index is -0.0836. The van der Waals surface area contributed by atoms with E-state index in [0.29, 0.717) is 18.6 Å². The van der Waals surface area contributed by atoms with Crippen molar-refractivity contribution >= 4 is 34.2 Å². The summed E-state index contributed by atoms with van der Waals surface area (Å²) in [5.41, 5.74) is 2.34. The van der Waals surface area contributed by atoms with Crippen LogP contribution in [0.2, 0.25) is 0 Å². The minimum Gasteiger partial charge on any atom is -0.493 e. The zero-order valence-corrected chi connectivity index (χ0v) is 16.4. The van der Waals surface area contributed by atoms with E-state index < -0.39 is 0 Å². The van der Waals surface area contributed by atoms with Crippen LogP contribution in [0, 0.1) is 0 Å². The second kappa shape index (κ2) is 8.31. The van der Waals surface area contributed by atoms with Crippen molar-refractivity contribution in [2.45, 2.75) is 19.8 Å². The smallest absolute Gasteiger partial charge is 0.227 e. The van der Waals surface area contributed by atoms with Gasteiger partial charge in [0.2, 0.25) is 5.91 Å². The molecule has 0 saturated carbocycles. The van der Waals surface area contributed by atoms with E-state index in [-0.39, 0.29) is 11.7 Å². The lowest BCUT2D eigenvalue weighted by Gasteiger charge is -2.15. The van der Waals surface area contributed by atoms with Gasteiger partial charge in [-0.1, -0.05) is 30.3 Å². The van der Waals surface area contributed by atoms with E-state index in [9.17, 15) is 9.59 Å². The number of hydrogen-bond acceptors (Lipinski definition) is 3. The molecule has 4 rings (SSSR count). The van der Waals surface area contributed by atoms with Crippen molar-refractivity contribution in [1.82, 2.24) is 0 Å². The number of carbonyl (C=O) groups is 2. The highest BCUT2D eigenvalue weighted by molar-refractivity contribution is 6.08. The summed E-state index contributed by atoms with van der Waals surface area (Å²) in [5, 5.41) is 2.15. The summed E-state index contributed by atoms with van der Waals surface area (Å²) in [6.45, 7) is 3.25. The predicted octanol–water partition coefficient (Wildman–Crippen LogP) is 5.26. The highest BCUT2D eigenvalue weighted by Crippen LogP contribution is 2.30. The molecule has 1 heterocycles. The van der Waals surface area contributed by atoms with Crippen molar-refractivity contribution in [3.8, 4) is 5.75 Å². The van der Waals surface area contributed by atoms with E-state index >= 15 is 0 Å². The van der Waals surface area contributed by atoms with Crippen LogP contribution in [-0.2, 0) is 4.79 Å². The maximum Gasteiger partial charge on any atom is 0.227 e. The number of allylic oxidation sites excluding steroid dienone is 1. The van der Waals surface area contributed by atoms with Crippen LogP contribution in [0.3, 0.4) is 0 Å². The van der Waals surface area contributed by atoms with Crippen LogP contribution in [0.1, 0.15) is 35.7 Å². The Kier molecular flexibility index (Phi) is 5.43. The van der Waals surface area contributed by atoms with Gasteiger partial charge in [0, 0.05) is 29.8 Å². The molecule has 1 aliphatic heterocycles. The molecule has 3 aromatic rings. The van der Waals surface area contributed by atoms with Crippen molar-refractivity contribution in [2.24, 2.45) is 0 Å². The number of rotatable bonds is 6. The molecule has 0 unspecified atom stereocenters. The van der Waals surface area contributed by atoms with Crippen LogP contribution in [0.4, 0.5) is 5.69 Å². The van der Waals surface area contributed by atoms with Crippen molar-refractivity contribution in [3.05, 3.63) is 77.9 Å². The third-order valence-electron chi connectivity index (χ3n) is 5.17. The number of hydrogen-bond donors (Lipinski definition) is 0. The fraction of sp³-hybridized carbons (Fsp3) is 0.200. The third kappa shape index (κ3) is 3.92. The summed E-state index contributed by atoms with van der Waals surface area (Å²) in [5.74, 6) is 0.821. The van der Waals surface area contributed by atoms with Gasteiger partial charge in [-0.2, -0.15) is 0 Å². The number of ketones is 1. The molecular weight excluding hydrogens is 362 g/mol. The fourth-order valence-corrected chi connectivity index (χ4v) is 3.71. The average Bonchev–Trinajstić information content (AvgIpc) is 3.19. The Bertz CT molecular complexity index is 1080. The van der Waals surface area contributed by atoms with Gasteiger partial charge in [-0.25, -0.2) is 0 Å². The largest absolute Gasteiger partial charge is 0.493 e. The lowest BCUT2D eigenvalue weighted by atomic mass is 10.0. The molecular formula is C25H23NO3. The predicted molar refractivity (Wildman–Crippen MR) is 117 cm³/mol. The molecule has 1 fully saturated rings. The van der Waals surface area contributed by atoms with Crippen molar-refractivity contribution in [2.75, 3.05) is 18.1 Å². The first-order chi connectivity index (χ1) is 14.2. The molecule has 0 N–H and O–H groups in total. The molecule has 146 valence electrons. The summed E-state index contributed by atoms with van der Waals surface area (Å²) < 4.78 is 5.77. The molecule has 29 heavy (non-hydrogen) atoms. The Hall–Kier alpha value is -3.40. The number of benzene rings is 3. The first-order valence-corrected chi connectivity index (χ1v) is 9.95. The van der Waals surface area contributed by atoms with E-state index in [0.717, 1.165) is 40.7 Å². The molecule has 4 nitrogen and oxygen atoms in total. The Morgan fingerprint density at radius 1 is 1.07 bits per heavy atom. The molecule has 0 bridgehead atoms. The number of carbonyl (C=O) groups excluding carboxylic acids is 2. The van der Waals surface area contributed by atoms with E-state index in [1.165, 1.54) is 0 Å². The van der Waals surface area contributed by atoms with E-state index in [2.05, 4.69) is 0 Å². The Morgan fingerprint density at radius 3 is 2.59 bits per heavy atom. The molecule has 4 heteroatoms. The lowest BCUT2D eigenvalue weighted by molar-refractivity contribution is -0.117. The van der Waals surface area contributed by atoms with Crippen molar-refractivity contribution in [1.29, 1.82) is 0 Å². The topological polar surface area (TPSA) is 46.6 Å². The highest BCUT2D eigenvalue weighted by atomic mass is 16.5. The highest BCUT2D eigenvalue weighted by Gasteiger charge is 2.21. The van der Waals surface area contributed by atoms with Gasteiger partial charge in [0.15, 0.2) is 5.78 Å². The first kappa shape index (κ1) is 18.9. The summed E-state index contributed by atoms with van der Waals surface area (Å²) in [7, 11) is 0. The van der Waals surface area contributed by atoms with E-state index in [4.69, 9.17) is 4.74 Å². The molecule has 1 amide bonds. The normalized spacial score (nSPS) is 14.1. The van der Waals surface area contributed by atoms with Gasteiger partial charge in [0.05, 0.1) is 6.61 Å². The van der Waals surface area contributed by atoms with Crippen molar-refractivity contribution < 1.29 is 14.3 Å². The molecule has 1 aliphatic rings. The zero-order valence-electron chi connectivity index (χ0n) is 16.4. The molecule has 3 aromatic carbocycles. The Morgan fingerprint density at radius 2 is 1.86 bits per heavy atom. The van der Waals surface area contributed by atoms with Gasteiger partial charge in [0.25, 0.3) is 0 Å². The van der Waals surface area contributed by atoms with Gasteiger partial charge in [-0.05, 0) is 66.6 Å². The Labute approximate surface area is 170 Å². The third-order valence-corrected chi connectivity index (χ3v) is 5.17. The van der Waals surface area contributed by atoms with Gasteiger partial charge < -0.3 is 9.64 Å². The number of amides is 1. The summed E-state index contributed by atoms with van der Waals surface area (Å²) in [6.07, 6.45) is 4.89. The van der Waals surface area contributed by atoms with Crippen LogP contribution < -0.4 is 9.64 Å². The average molecular weight is 385 g/mol. The minimum absolute atomic E-state index is 0.0836. The second-order valence-corrected chi connectivity index (χ2v) is 7.02. The monoisotopic (exact) mass is 385 g/mol. The van der Waals surface area contributed by atoms with E-state index in [1.807, 2.05) is 61.5 Å². The first-order valence-electron chi connectivity index (χ1n) is 9.95. The SMILES string of the molecule is CCOc1ccc2ccccc2c1/C=C/C(=O)c1ccc(N2CCCC2=O)cc1. The lowest BCUT2D eigenvalue weighted by Crippen LogP contribution is -2.23. The second-order valence-electron chi connectivity index (χ2n) is 7.02. The molecule has 0 aliphatic carbocycles.